The third-order valence-electron chi connectivity index (χ3n) is 9.61. The number of aromatic nitrogens is 2. The molecule has 8 rings (SSSR count). The fourth-order valence-electron chi connectivity index (χ4n) is 6.89. The lowest BCUT2D eigenvalue weighted by atomic mass is 9.85. The third-order valence-corrected chi connectivity index (χ3v) is 13.6. The zero-order valence-electron chi connectivity index (χ0n) is 27.9. The number of benzene rings is 4. The van der Waals surface area contributed by atoms with Gasteiger partial charge in [0.15, 0.2) is 5.79 Å². The van der Waals surface area contributed by atoms with E-state index in [9.17, 15) is 16.8 Å². The van der Waals surface area contributed by atoms with Gasteiger partial charge in [0.1, 0.15) is 0 Å². The van der Waals surface area contributed by atoms with E-state index in [4.69, 9.17) is 14.2 Å². The Labute approximate surface area is 307 Å². The highest BCUT2D eigenvalue weighted by atomic mass is 79.9. The van der Waals surface area contributed by atoms with Crippen molar-refractivity contribution in [3.05, 3.63) is 133 Å². The molecule has 1 saturated carbocycles. The molecule has 1 saturated heterocycles. The summed E-state index contributed by atoms with van der Waals surface area (Å²) >= 11 is 3.42. The molecule has 2 fully saturated rings. The van der Waals surface area contributed by atoms with Crippen molar-refractivity contribution >= 4 is 57.8 Å². The number of fused-ring (bicyclic) bond motifs is 2. The molecule has 2 aromatic heterocycles. The highest BCUT2D eigenvalue weighted by molar-refractivity contribution is 9.08. The minimum absolute atomic E-state index is 0.277. The van der Waals surface area contributed by atoms with Crippen molar-refractivity contribution in [3.63, 3.8) is 0 Å². The van der Waals surface area contributed by atoms with Gasteiger partial charge in [-0.1, -0.05) is 76.6 Å². The number of ether oxygens (including phenoxy) is 3. The molecule has 1 spiro atoms. The summed E-state index contributed by atoms with van der Waals surface area (Å²) in [5.41, 5.74) is 3.43. The predicted octanol–water partition coefficient (Wildman–Crippen LogP) is 8.10. The van der Waals surface area contributed by atoms with Gasteiger partial charge >= 0.3 is 0 Å². The first-order valence-electron chi connectivity index (χ1n) is 16.9. The Bertz CT molecular complexity index is 2320. The van der Waals surface area contributed by atoms with Gasteiger partial charge in [-0.05, 0) is 78.4 Å². The fraction of sp³-hybridized carbons (Fsp3) is 0.282. The standard InChI is InChI=1S/C24H27NO5S.C15H12BrNO2S/c26-31(27,21-6-2-1-3-7-21)25-14-11-22-20(5-4-8-23(22)25)18-28-17-19-9-12-24(13-10-19)29-15-16-30-24;16-11-12-5-4-8-15-14(12)9-10-17(15)20(18,19)13-6-2-1-3-7-13/h1-8,11,14,19H,9-10,12-13,15-18H2;1-10H,11H2. The summed E-state index contributed by atoms with van der Waals surface area (Å²) in [4.78, 5) is 0.571. The smallest absolute Gasteiger partial charge is 0.268 e. The van der Waals surface area contributed by atoms with E-state index in [0.29, 0.717) is 53.6 Å². The highest BCUT2D eigenvalue weighted by Crippen LogP contribution is 2.38. The molecule has 51 heavy (non-hydrogen) atoms. The van der Waals surface area contributed by atoms with Gasteiger partial charge in [0, 0.05) is 47.9 Å². The molecule has 6 aromatic rings. The molecular weight excluding hydrogens is 752 g/mol. The van der Waals surface area contributed by atoms with Gasteiger partial charge < -0.3 is 14.2 Å². The van der Waals surface area contributed by atoms with Crippen molar-refractivity contribution in [2.75, 3.05) is 19.8 Å². The molecule has 3 heterocycles. The lowest BCUT2D eigenvalue weighted by molar-refractivity contribution is -0.184. The minimum atomic E-state index is -3.64. The third kappa shape index (κ3) is 7.31. The second-order valence-corrected chi connectivity index (χ2v) is 16.9. The van der Waals surface area contributed by atoms with Crippen LogP contribution < -0.4 is 0 Å². The van der Waals surface area contributed by atoms with Crippen LogP contribution in [0.5, 0.6) is 0 Å². The number of halogens is 1. The molecule has 0 radical (unpaired) electrons. The first kappa shape index (κ1) is 35.6. The summed E-state index contributed by atoms with van der Waals surface area (Å²) in [5.74, 6) is 0.163. The Kier molecular flexibility index (Phi) is 10.5. The molecule has 0 bridgehead atoms. The van der Waals surface area contributed by atoms with E-state index in [-0.39, 0.29) is 10.7 Å². The number of hydrogen-bond acceptors (Lipinski definition) is 7. The number of alkyl halides is 1. The van der Waals surface area contributed by atoms with Crippen LogP contribution in [-0.2, 0) is 46.2 Å². The second kappa shape index (κ2) is 15.1. The van der Waals surface area contributed by atoms with Gasteiger partial charge in [-0.25, -0.2) is 24.8 Å². The zero-order valence-corrected chi connectivity index (χ0v) is 31.2. The largest absolute Gasteiger partial charge is 0.376 e. The van der Waals surface area contributed by atoms with Crippen LogP contribution in [0.15, 0.2) is 131 Å². The van der Waals surface area contributed by atoms with E-state index in [2.05, 4.69) is 15.9 Å². The molecule has 4 aromatic carbocycles. The van der Waals surface area contributed by atoms with Crippen LogP contribution in [0.25, 0.3) is 21.8 Å². The van der Waals surface area contributed by atoms with E-state index in [1.807, 2.05) is 54.6 Å². The van der Waals surface area contributed by atoms with Crippen molar-refractivity contribution < 1.29 is 31.0 Å². The molecule has 0 amide bonds. The molecule has 266 valence electrons. The van der Waals surface area contributed by atoms with Crippen molar-refractivity contribution in [1.82, 2.24) is 7.94 Å². The molecule has 0 atom stereocenters. The number of rotatable bonds is 9. The molecular formula is C39H39BrN2O7S2. The second-order valence-electron chi connectivity index (χ2n) is 12.8. The summed E-state index contributed by atoms with van der Waals surface area (Å²) in [7, 11) is -7.18. The van der Waals surface area contributed by atoms with Gasteiger partial charge in [0.25, 0.3) is 20.0 Å². The fourth-order valence-corrected chi connectivity index (χ4v) is 10.1. The first-order valence-corrected chi connectivity index (χ1v) is 20.9. The van der Waals surface area contributed by atoms with Crippen LogP contribution in [0, 0.1) is 5.92 Å². The van der Waals surface area contributed by atoms with Gasteiger partial charge in [0.2, 0.25) is 0 Å². The zero-order chi connectivity index (χ0) is 35.5. The van der Waals surface area contributed by atoms with Crippen molar-refractivity contribution in [3.8, 4) is 0 Å². The number of nitrogens with zero attached hydrogens (tertiary/aromatic N) is 2. The van der Waals surface area contributed by atoms with Crippen molar-refractivity contribution in [2.45, 2.75) is 53.2 Å². The molecule has 2 aliphatic rings. The summed E-state index contributed by atoms with van der Waals surface area (Å²) < 4.78 is 71.8. The first-order chi connectivity index (χ1) is 24.7. The average molecular weight is 792 g/mol. The van der Waals surface area contributed by atoms with E-state index in [1.165, 1.54) is 7.94 Å². The monoisotopic (exact) mass is 790 g/mol. The van der Waals surface area contributed by atoms with E-state index < -0.39 is 20.0 Å². The molecule has 0 unspecified atom stereocenters. The molecule has 9 nitrogen and oxygen atoms in total. The molecule has 12 heteroatoms. The van der Waals surface area contributed by atoms with E-state index in [1.54, 1.807) is 67.0 Å². The Morgan fingerprint density at radius 1 is 0.647 bits per heavy atom. The lowest BCUT2D eigenvalue weighted by Gasteiger charge is -2.35. The quantitative estimate of drug-likeness (QED) is 0.136. The van der Waals surface area contributed by atoms with Gasteiger partial charge in [0.05, 0.1) is 40.6 Å². The molecule has 1 aliphatic carbocycles. The summed E-state index contributed by atoms with van der Waals surface area (Å²) in [6.45, 7) is 2.55. The summed E-state index contributed by atoms with van der Waals surface area (Å²) in [6, 6.07) is 32.1. The maximum absolute atomic E-state index is 13.1. The van der Waals surface area contributed by atoms with Crippen molar-refractivity contribution in [2.24, 2.45) is 5.92 Å². The van der Waals surface area contributed by atoms with Crippen LogP contribution in [0.4, 0.5) is 0 Å². The van der Waals surface area contributed by atoms with Crippen molar-refractivity contribution in [1.29, 1.82) is 0 Å². The molecule has 0 N–H and O–H groups in total. The van der Waals surface area contributed by atoms with E-state index >= 15 is 0 Å². The Balaban J connectivity index is 0.000000175. The molecule has 1 aliphatic heterocycles. The summed E-state index contributed by atoms with van der Waals surface area (Å²) in [6.07, 6.45) is 7.16. The topological polar surface area (TPSA) is 106 Å². The Morgan fingerprint density at radius 3 is 1.65 bits per heavy atom. The van der Waals surface area contributed by atoms with Crippen LogP contribution >= 0.6 is 15.9 Å². The van der Waals surface area contributed by atoms with Crippen LogP contribution in [0.3, 0.4) is 0 Å². The maximum atomic E-state index is 13.1. The van der Waals surface area contributed by atoms with E-state index in [0.717, 1.165) is 47.6 Å². The van der Waals surface area contributed by atoms with Crippen LogP contribution in [0.1, 0.15) is 36.8 Å². The SMILES string of the molecule is O=S(=O)(c1ccccc1)n1ccc2c(CBr)cccc21.O=S(=O)(c1ccccc1)n1ccc2c(COCC3CCC4(CC3)OCCO4)cccc21. The number of hydrogen-bond donors (Lipinski definition) is 0. The Hall–Kier alpha value is -3.78. The predicted molar refractivity (Wildman–Crippen MR) is 201 cm³/mol. The van der Waals surface area contributed by atoms with Crippen LogP contribution in [0.2, 0.25) is 0 Å². The lowest BCUT2D eigenvalue weighted by Crippen LogP contribution is -2.36. The Morgan fingerprint density at radius 2 is 1.14 bits per heavy atom. The van der Waals surface area contributed by atoms with Gasteiger partial charge in [-0.2, -0.15) is 0 Å². The van der Waals surface area contributed by atoms with Crippen LogP contribution in [-0.4, -0.2) is 50.4 Å². The maximum Gasteiger partial charge on any atom is 0.268 e. The normalized spacial score (nSPS) is 16.4. The van der Waals surface area contributed by atoms with Gasteiger partial charge in [-0.3, -0.25) is 0 Å². The summed E-state index contributed by atoms with van der Waals surface area (Å²) in [5, 5.41) is 2.54. The highest BCUT2D eigenvalue weighted by Gasteiger charge is 2.40. The average Bonchev–Trinajstić information content (AvgIpc) is 3.93. The van der Waals surface area contributed by atoms with Gasteiger partial charge in [-0.15, -0.1) is 0 Å². The minimum Gasteiger partial charge on any atom is -0.376 e.